The largest absolute Gasteiger partial charge is 0.348 e. The summed E-state index contributed by atoms with van der Waals surface area (Å²) in [5.74, 6) is -0.399. The average molecular weight is 358 g/mol. The van der Waals surface area contributed by atoms with Crippen molar-refractivity contribution in [2.45, 2.75) is 6.54 Å². The predicted octanol–water partition coefficient (Wildman–Crippen LogP) is 3.35. The van der Waals surface area contributed by atoms with Crippen molar-refractivity contribution in [3.8, 4) is 0 Å². The van der Waals surface area contributed by atoms with Crippen LogP contribution in [0.3, 0.4) is 0 Å². The molecule has 1 aromatic heterocycles. The first-order valence-electron chi connectivity index (χ1n) is 8.59. The van der Waals surface area contributed by atoms with Crippen LogP contribution in [0.5, 0.6) is 0 Å². The van der Waals surface area contributed by atoms with Crippen molar-refractivity contribution in [3.05, 3.63) is 83.7 Å². The molecule has 6 nitrogen and oxygen atoms in total. The van der Waals surface area contributed by atoms with Crippen LogP contribution in [0.1, 0.15) is 26.3 Å². The van der Waals surface area contributed by atoms with Gasteiger partial charge in [-0.2, -0.15) is 0 Å². The Hall–Kier alpha value is -3.67. The first kappa shape index (κ1) is 16.8. The molecular formula is C21H18N4O2. The van der Waals surface area contributed by atoms with E-state index in [-0.39, 0.29) is 11.8 Å². The Morgan fingerprint density at radius 2 is 1.96 bits per heavy atom. The molecule has 134 valence electrons. The SMILES string of the molecule is CN1c2ccc(C(=O)NCc3cccnc3)cc2NC(=O)c2ccccc21. The van der Waals surface area contributed by atoms with Gasteiger partial charge in [0.15, 0.2) is 0 Å². The molecule has 0 aliphatic carbocycles. The van der Waals surface area contributed by atoms with Crippen molar-refractivity contribution in [3.63, 3.8) is 0 Å². The Morgan fingerprint density at radius 1 is 1.11 bits per heavy atom. The molecule has 0 bridgehead atoms. The van der Waals surface area contributed by atoms with Crippen LogP contribution in [0.2, 0.25) is 0 Å². The van der Waals surface area contributed by atoms with Gasteiger partial charge in [-0.25, -0.2) is 0 Å². The van der Waals surface area contributed by atoms with Crippen molar-refractivity contribution in [2.24, 2.45) is 0 Å². The molecule has 0 saturated carbocycles. The summed E-state index contributed by atoms with van der Waals surface area (Å²) < 4.78 is 0. The third-order valence-corrected chi connectivity index (χ3v) is 4.55. The van der Waals surface area contributed by atoms with Crippen molar-refractivity contribution >= 4 is 28.9 Å². The number of hydrogen-bond donors (Lipinski definition) is 2. The highest BCUT2D eigenvalue weighted by Crippen LogP contribution is 2.36. The van der Waals surface area contributed by atoms with Crippen LogP contribution < -0.4 is 15.5 Å². The number of amides is 2. The van der Waals surface area contributed by atoms with Gasteiger partial charge in [-0.05, 0) is 42.0 Å². The molecule has 2 heterocycles. The van der Waals surface area contributed by atoms with E-state index in [0.717, 1.165) is 16.9 Å². The summed E-state index contributed by atoms with van der Waals surface area (Å²) in [5.41, 5.74) is 4.26. The van der Waals surface area contributed by atoms with Crippen LogP contribution >= 0.6 is 0 Å². The molecule has 1 aliphatic rings. The number of nitrogens with one attached hydrogen (secondary N) is 2. The second-order valence-electron chi connectivity index (χ2n) is 6.31. The van der Waals surface area contributed by atoms with Gasteiger partial charge in [-0.3, -0.25) is 14.6 Å². The minimum Gasteiger partial charge on any atom is -0.348 e. The van der Waals surface area contributed by atoms with Gasteiger partial charge >= 0.3 is 0 Å². The van der Waals surface area contributed by atoms with E-state index in [1.165, 1.54) is 0 Å². The zero-order valence-electron chi connectivity index (χ0n) is 14.8. The fourth-order valence-corrected chi connectivity index (χ4v) is 3.13. The molecule has 0 atom stereocenters. The van der Waals surface area contributed by atoms with Gasteiger partial charge in [0.25, 0.3) is 11.8 Å². The van der Waals surface area contributed by atoms with E-state index in [1.54, 1.807) is 30.6 Å². The van der Waals surface area contributed by atoms with Crippen LogP contribution in [0.4, 0.5) is 17.1 Å². The van der Waals surface area contributed by atoms with E-state index in [9.17, 15) is 9.59 Å². The van der Waals surface area contributed by atoms with Gasteiger partial charge in [-0.15, -0.1) is 0 Å². The molecule has 0 radical (unpaired) electrons. The summed E-state index contributed by atoms with van der Waals surface area (Å²) in [4.78, 5) is 31.1. The third kappa shape index (κ3) is 3.25. The van der Waals surface area contributed by atoms with E-state index in [2.05, 4.69) is 15.6 Å². The van der Waals surface area contributed by atoms with Gasteiger partial charge in [-0.1, -0.05) is 18.2 Å². The van der Waals surface area contributed by atoms with Gasteiger partial charge in [0, 0.05) is 31.5 Å². The van der Waals surface area contributed by atoms with Gasteiger partial charge in [0.2, 0.25) is 0 Å². The zero-order valence-corrected chi connectivity index (χ0v) is 14.8. The minimum atomic E-state index is -0.208. The fraction of sp³-hybridized carbons (Fsp3) is 0.0952. The molecule has 2 amide bonds. The number of rotatable bonds is 3. The van der Waals surface area contributed by atoms with Crippen LogP contribution in [-0.2, 0) is 6.54 Å². The molecule has 3 aromatic rings. The first-order valence-corrected chi connectivity index (χ1v) is 8.59. The summed E-state index contributed by atoms with van der Waals surface area (Å²) in [6, 6.07) is 16.4. The average Bonchev–Trinajstić information content (AvgIpc) is 2.82. The van der Waals surface area contributed by atoms with Crippen LogP contribution in [0.15, 0.2) is 67.0 Å². The smallest absolute Gasteiger partial charge is 0.257 e. The summed E-state index contributed by atoms with van der Waals surface area (Å²) in [6.45, 7) is 0.390. The third-order valence-electron chi connectivity index (χ3n) is 4.55. The van der Waals surface area contributed by atoms with Crippen LogP contribution in [0.25, 0.3) is 0 Å². The molecule has 1 aliphatic heterocycles. The Kier molecular flexibility index (Phi) is 4.30. The minimum absolute atomic E-state index is 0.191. The summed E-state index contributed by atoms with van der Waals surface area (Å²) in [5, 5.41) is 5.78. The molecule has 2 aromatic carbocycles. The maximum absolute atomic E-state index is 12.6. The standard InChI is InChI=1S/C21H18N4O2/c1-25-18-7-3-2-6-16(18)21(27)24-17-11-15(8-9-19(17)25)20(26)23-13-14-5-4-10-22-12-14/h2-12H,13H2,1H3,(H,23,26)(H,24,27). The van der Waals surface area contributed by atoms with E-state index in [0.29, 0.717) is 23.4 Å². The first-order chi connectivity index (χ1) is 13.1. The molecule has 2 N–H and O–H groups in total. The number of aromatic nitrogens is 1. The van der Waals surface area contributed by atoms with E-state index >= 15 is 0 Å². The lowest BCUT2D eigenvalue weighted by Gasteiger charge is -2.21. The van der Waals surface area contributed by atoms with E-state index in [1.807, 2.05) is 48.3 Å². The highest BCUT2D eigenvalue weighted by molar-refractivity contribution is 6.13. The van der Waals surface area contributed by atoms with Crippen LogP contribution in [-0.4, -0.2) is 23.8 Å². The number of para-hydroxylation sites is 1. The maximum atomic E-state index is 12.6. The second-order valence-corrected chi connectivity index (χ2v) is 6.31. The second kappa shape index (κ2) is 6.92. The molecule has 27 heavy (non-hydrogen) atoms. The predicted molar refractivity (Wildman–Crippen MR) is 104 cm³/mol. The summed E-state index contributed by atoms with van der Waals surface area (Å²) in [6.07, 6.45) is 3.40. The normalized spacial score (nSPS) is 12.5. The fourth-order valence-electron chi connectivity index (χ4n) is 3.13. The number of anilines is 3. The Bertz CT molecular complexity index is 1020. The molecule has 0 spiro atoms. The quantitative estimate of drug-likeness (QED) is 0.753. The lowest BCUT2D eigenvalue weighted by Crippen LogP contribution is -2.23. The van der Waals surface area contributed by atoms with Crippen molar-refractivity contribution in [2.75, 3.05) is 17.3 Å². The number of hydrogen-bond acceptors (Lipinski definition) is 4. The van der Waals surface area contributed by atoms with Crippen molar-refractivity contribution in [1.29, 1.82) is 0 Å². The Labute approximate surface area is 156 Å². The monoisotopic (exact) mass is 358 g/mol. The van der Waals surface area contributed by atoms with Crippen LogP contribution in [0, 0.1) is 0 Å². The summed E-state index contributed by atoms with van der Waals surface area (Å²) >= 11 is 0. The zero-order chi connectivity index (χ0) is 18.8. The molecule has 0 unspecified atom stereocenters. The Morgan fingerprint density at radius 3 is 2.78 bits per heavy atom. The number of benzene rings is 2. The highest BCUT2D eigenvalue weighted by atomic mass is 16.2. The number of carbonyl (C=O) groups excluding carboxylic acids is 2. The molecule has 0 saturated heterocycles. The highest BCUT2D eigenvalue weighted by Gasteiger charge is 2.23. The van der Waals surface area contributed by atoms with Gasteiger partial charge in [0.05, 0.1) is 22.6 Å². The Balaban J connectivity index is 1.60. The number of nitrogens with zero attached hydrogens (tertiary/aromatic N) is 2. The lowest BCUT2D eigenvalue weighted by atomic mass is 10.1. The summed E-state index contributed by atoms with van der Waals surface area (Å²) in [7, 11) is 1.90. The molecule has 0 fully saturated rings. The number of fused-ring (bicyclic) bond motifs is 2. The topological polar surface area (TPSA) is 74.3 Å². The lowest BCUT2D eigenvalue weighted by molar-refractivity contribution is 0.0949. The number of pyridine rings is 1. The van der Waals surface area contributed by atoms with Gasteiger partial charge in [0.1, 0.15) is 0 Å². The maximum Gasteiger partial charge on any atom is 0.257 e. The van der Waals surface area contributed by atoms with Gasteiger partial charge < -0.3 is 15.5 Å². The molecular weight excluding hydrogens is 340 g/mol. The van der Waals surface area contributed by atoms with Crippen molar-refractivity contribution < 1.29 is 9.59 Å². The molecule has 6 heteroatoms. The van der Waals surface area contributed by atoms with E-state index < -0.39 is 0 Å². The van der Waals surface area contributed by atoms with E-state index in [4.69, 9.17) is 0 Å². The molecule has 4 rings (SSSR count). The number of carbonyl (C=O) groups is 2. The van der Waals surface area contributed by atoms with Crippen molar-refractivity contribution in [1.82, 2.24) is 10.3 Å².